The molecule has 2 heterocycles. The minimum Gasteiger partial charge on any atom is -0.504 e. The lowest BCUT2D eigenvalue weighted by Crippen LogP contribution is -2.22. The SMILES string of the molecule is COc1cc([C@@H]2O[C@H](O)[C@@H]3[C@H]2CO[C@H]3c2ccc(O)c(OC)c2)ccc1O. The molecule has 2 saturated heterocycles. The van der Waals surface area contributed by atoms with Crippen molar-refractivity contribution < 1.29 is 34.3 Å². The zero-order chi connectivity index (χ0) is 19.1. The van der Waals surface area contributed by atoms with Crippen LogP contribution >= 0.6 is 0 Å². The van der Waals surface area contributed by atoms with E-state index in [1.165, 1.54) is 14.2 Å². The highest BCUT2D eigenvalue weighted by Gasteiger charge is 2.53. The van der Waals surface area contributed by atoms with E-state index in [0.717, 1.165) is 11.1 Å². The predicted octanol–water partition coefficient (Wildman–Crippen LogP) is 2.51. The van der Waals surface area contributed by atoms with Crippen molar-refractivity contribution in [2.24, 2.45) is 11.8 Å². The molecule has 2 aliphatic rings. The van der Waals surface area contributed by atoms with Gasteiger partial charge in [0, 0.05) is 11.8 Å². The molecule has 7 nitrogen and oxygen atoms in total. The summed E-state index contributed by atoms with van der Waals surface area (Å²) in [5.41, 5.74) is 1.62. The summed E-state index contributed by atoms with van der Waals surface area (Å²) < 4.78 is 22.2. The number of aliphatic hydroxyl groups excluding tert-OH is 1. The Morgan fingerprint density at radius 1 is 0.889 bits per heavy atom. The van der Waals surface area contributed by atoms with Gasteiger partial charge in [0.2, 0.25) is 0 Å². The summed E-state index contributed by atoms with van der Waals surface area (Å²) in [4.78, 5) is 0. The summed E-state index contributed by atoms with van der Waals surface area (Å²) in [5, 5.41) is 30.2. The minimum absolute atomic E-state index is 0.0492. The van der Waals surface area contributed by atoms with E-state index >= 15 is 0 Å². The Balaban J connectivity index is 1.63. The Morgan fingerprint density at radius 2 is 1.44 bits per heavy atom. The number of aliphatic hydroxyl groups is 1. The number of phenols is 2. The van der Waals surface area contributed by atoms with E-state index in [-0.39, 0.29) is 35.5 Å². The number of ether oxygens (including phenoxy) is 4. The molecule has 0 spiro atoms. The summed E-state index contributed by atoms with van der Waals surface area (Å²) in [6, 6.07) is 10.0. The van der Waals surface area contributed by atoms with Crippen molar-refractivity contribution in [3.8, 4) is 23.0 Å². The van der Waals surface area contributed by atoms with Crippen molar-refractivity contribution in [3.05, 3.63) is 47.5 Å². The zero-order valence-electron chi connectivity index (χ0n) is 15.0. The second-order valence-electron chi connectivity index (χ2n) is 6.80. The van der Waals surface area contributed by atoms with Gasteiger partial charge in [0.05, 0.1) is 33.0 Å². The van der Waals surface area contributed by atoms with Gasteiger partial charge in [0.25, 0.3) is 0 Å². The molecule has 0 aromatic heterocycles. The first-order chi connectivity index (χ1) is 13.0. The van der Waals surface area contributed by atoms with E-state index in [2.05, 4.69) is 0 Å². The second-order valence-corrected chi connectivity index (χ2v) is 6.80. The monoisotopic (exact) mass is 374 g/mol. The smallest absolute Gasteiger partial charge is 0.161 e. The van der Waals surface area contributed by atoms with Gasteiger partial charge in [-0.15, -0.1) is 0 Å². The first-order valence-electron chi connectivity index (χ1n) is 8.72. The lowest BCUT2D eigenvalue weighted by molar-refractivity contribution is -0.134. The van der Waals surface area contributed by atoms with Crippen LogP contribution in [0.5, 0.6) is 23.0 Å². The Labute approximate surface area is 156 Å². The van der Waals surface area contributed by atoms with Crippen LogP contribution < -0.4 is 9.47 Å². The van der Waals surface area contributed by atoms with Gasteiger partial charge in [-0.05, 0) is 35.4 Å². The molecule has 2 aliphatic heterocycles. The third kappa shape index (κ3) is 2.97. The maximum Gasteiger partial charge on any atom is 0.161 e. The summed E-state index contributed by atoms with van der Waals surface area (Å²) in [6.45, 7) is 0.420. The van der Waals surface area contributed by atoms with Crippen LogP contribution in [0.4, 0.5) is 0 Å². The topological polar surface area (TPSA) is 97.6 Å². The fraction of sp³-hybridized carbons (Fsp3) is 0.400. The number of hydrogen-bond donors (Lipinski definition) is 3. The molecule has 2 fully saturated rings. The standard InChI is InChI=1S/C20H22O7/c1-24-15-7-10(3-5-13(15)21)18-12-9-26-19(17(12)20(23)27-18)11-4-6-14(22)16(8-11)25-2/h3-8,12,17-23H,9H2,1-2H3/t12-,17-,18+,19+,20+/m1/s1. The molecule has 4 rings (SSSR count). The number of aromatic hydroxyl groups is 2. The minimum atomic E-state index is -0.993. The number of phenolic OH excluding ortho intramolecular Hbond substituents is 2. The summed E-state index contributed by atoms with van der Waals surface area (Å²) in [5.74, 6) is 0.491. The fourth-order valence-corrected chi connectivity index (χ4v) is 4.04. The van der Waals surface area contributed by atoms with E-state index in [1.54, 1.807) is 36.4 Å². The molecule has 2 aromatic carbocycles. The van der Waals surface area contributed by atoms with E-state index in [1.807, 2.05) is 0 Å². The van der Waals surface area contributed by atoms with Crippen LogP contribution in [0.3, 0.4) is 0 Å². The maximum absolute atomic E-state index is 10.6. The normalized spacial score (nSPS) is 29.5. The third-order valence-corrected chi connectivity index (χ3v) is 5.38. The summed E-state index contributed by atoms with van der Waals surface area (Å²) in [6.07, 6.45) is -1.74. The van der Waals surface area contributed by atoms with Crippen LogP contribution in [-0.2, 0) is 9.47 Å². The molecule has 27 heavy (non-hydrogen) atoms. The Kier molecular flexibility index (Phi) is 4.59. The van der Waals surface area contributed by atoms with Crippen molar-refractivity contribution >= 4 is 0 Å². The predicted molar refractivity (Wildman–Crippen MR) is 94.8 cm³/mol. The van der Waals surface area contributed by atoms with Gasteiger partial charge >= 0.3 is 0 Å². The molecule has 2 aromatic rings. The van der Waals surface area contributed by atoms with Gasteiger partial charge in [-0.25, -0.2) is 0 Å². The number of benzene rings is 2. The molecule has 0 amide bonds. The van der Waals surface area contributed by atoms with Crippen LogP contribution in [-0.4, -0.2) is 42.4 Å². The van der Waals surface area contributed by atoms with Crippen molar-refractivity contribution in [2.75, 3.05) is 20.8 Å². The van der Waals surface area contributed by atoms with Crippen LogP contribution in [0.1, 0.15) is 23.3 Å². The Morgan fingerprint density at radius 3 is 2.00 bits per heavy atom. The molecular weight excluding hydrogens is 352 g/mol. The van der Waals surface area contributed by atoms with Gasteiger partial charge in [0.15, 0.2) is 29.3 Å². The molecule has 0 aliphatic carbocycles. The molecule has 3 N–H and O–H groups in total. The van der Waals surface area contributed by atoms with Crippen LogP contribution in [0, 0.1) is 11.8 Å². The number of methoxy groups -OCH3 is 2. The zero-order valence-corrected chi connectivity index (χ0v) is 15.0. The molecule has 0 radical (unpaired) electrons. The lowest BCUT2D eigenvalue weighted by atomic mass is 9.84. The van der Waals surface area contributed by atoms with E-state index < -0.39 is 6.29 Å². The summed E-state index contributed by atoms with van der Waals surface area (Å²) in [7, 11) is 2.97. The molecule has 7 heteroatoms. The summed E-state index contributed by atoms with van der Waals surface area (Å²) >= 11 is 0. The maximum atomic E-state index is 10.6. The molecule has 0 unspecified atom stereocenters. The fourth-order valence-electron chi connectivity index (χ4n) is 4.04. The Hall–Kier alpha value is -2.48. The third-order valence-electron chi connectivity index (χ3n) is 5.38. The average Bonchev–Trinajstić information content (AvgIpc) is 3.24. The Bertz CT molecular complexity index is 786. The first kappa shape index (κ1) is 17.9. The van der Waals surface area contributed by atoms with Crippen molar-refractivity contribution in [2.45, 2.75) is 18.5 Å². The van der Waals surface area contributed by atoms with Gasteiger partial charge in [-0.1, -0.05) is 12.1 Å². The quantitative estimate of drug-likeness (QED) is 0.756. The lowest BCUT2D eigenvalue weighted by Gasteiger charge is -2.20. The number of fused-ring (bicyclic) bond motifs is 1. The van der Waals surface area contributed by atoms with Crippen molar-refractivity contribution in [1.29, 1.82) is 0 Å². The number of hydrogen-bond acceptors (Lipinski definition) is 7. The highest BCUT2D eigenvalue weighted by atomic mass is 16.6. The van der Waals surface area contributed by atoms with Crippen molar-refractivity contribution in [3.63, 3.8) is 0 Å². The first-order valence-corrected chi connectivity index (χ1v) is 8.72. The molecule has 0 bridgehead atoms. The average molecular weight is 374 g/mol. The van der Waals surface area contributed by atoms with Crippen LogP contribution in [0.25, 0.3) is 0 Å². The van der Waals surface area contributed by atoms with E-state index in [0.29, 0.717) is 18.1 Å². The molecular formula is C20H22O7. The largest absolute Gasteiger partial charge is 0.504 e. The van der Waals surface area contributed by atoms with Gasteiger partial charge in [-0.2, -0.15) is 0 Å². The van der Waals surface area contributed by atoms with Crippen LogP contribution in [0.2, 0.25) is 0 Å². The number of rotatable bonds is 4. The molecule has 0 saturated carbocycles. The van der Waals surface area contributed by atoms with Gasteiger partial charge < -0.3 is 34.3 Å². The van der Waals surface area contributed by atoms with Crippen molar-refractivity contribution in [1.82, 2.24) is 0 Å². The van der Waals surface area contributed by atoms with Crippen LogP contribution in [0.15, 0.2) is 36.4 Å². The van der Waals surface area contributed by atoms with Gasteiger partial charge in [0.1, 0.15) is 0 Å². The van der Waals surface area contributed by atoms with Gasteiger partial charge in [-0.3, -0.25) is 0 Å². The highest BCUT2D eigenvalue weighted by Crippen LogP contribution is 2.53. The second kappa shape index (κ2) is 6.92. The van der Waals surface area contributed by atoms with E-state index in [4.69, 9.17) is 18.9 Å². The molecule has 144 valence electrons. The van der Waals surface area contributed by atoms with E-state index in [9.17, 15) is 15.3 Å². The highest BCUT2D eigenvalue weighted by molar-refractivity contribution is 5.44. The molecule has 5 atom stereocenters.